The molecule has 0 aliphatic heterocycles. The second kappa shape index (κ2) is 4.80. The van der Waals surface area contributed by atoms with Gasteiger partial charge in [-0.05, 0) is 24.0 Å². The number of benzene rings is 1. The zero-order valence-corrected chi connectivity index (χ0v) is 10.7. The van der Waals surface area contributed by atoms with Crippen molar-refractivity contribution in [1.29, 1.82) is 0 Å². The van der Waals surface area contributed by atoms with E-state index in [2.05, 4.69) is 11.4 Å². The van der Waals surface area contributed by atoms with Crippen LogP contribution in [-0.4, -0.2) is 4.92 Å². The number of aromatic nitrogens is 1. The largest absolute Gasteiger partial charge is 0.619 e. The summed E-state index contributed by atoms with van der Waals surface area (Å²) < 4.78 is 0.566. The molecule has 0 spiro atoms. The van der Waals surface area contributed by atoms with Crippen molar-refractivity contribution in [3.63, 3.8) is 0 Å². The van der Waals surface area contributed by atoms with Crippen molar-refractivity contribution in [2.75, 3.05) is 5.32 Å². The number of anilines is 1. The van der Waals surface area contributed by atoms with E-state index in [0.717, 1.165) is 24.6 Å². The molecule has 0 radical (unpaired) electrons. The van der Waals surface area contributed by atoms with Gasteiger partial charge in [0.1, 0.15) is 0 Å². The van der Waals surface area contributed by atoms with E-state index >= 15 is 0 Å². The Labute approximate surface area is 115 Å². The molecule has 1 aromatic carbocycles. The molecule has 102 valence electrons. The molecule has 20 heavy (non-hydrogen) atoms. The number of rotatable bonds is 3. The summed E-state index contributed by atoms with van der Waals surface area (Å²) in [5.41, 5.74) is 2.57. The van der Waals surface area contributed by atoms with Crippen LogP contribution in [0.25, 0.3) is 0 Å². The highest BCUT2D eigenvalue weighted by Gasteiger charge is 2.25. The lowest BCUT2D eigenvalue weighted by Gasteiger charge is -2.14. The van der Waals surface area contributed by atoms with Crippen molar-refractivity contribution >= 4 is 11.4 Å². The third-order valence-corrected chi connectivity index (χ3v) is 3.57. The van der Waals surface area contributed by atoms with Crippen LogP contribution in [0.15, 0.2) is 42.7 Å². The van der Waals surface area contributed by atoms with Gasteiger partial charge >= 0.3 is 5.69 Å². The fraction of sp³-hybridized carbons (Fsp3) is 0.214. The molecule has 1 heterocycles. The third kappa shape index (κ3) is 2.16. The topological polar surface area (TPSA) is 82.1 Å². The Morgan fingerprint density at radius 2 is 2.10 bits per heavy atom. The van der Waals surface area contributed by atoms with E-state index < -0.39 is 4.92 Å². The predicted octanol–water partition coefficient (Wildman–Crippen LogP) is 2.33. The Balaban J connectivity index is 1.93. The highest BCUT2D eigenvalue weighted by molar-refractivity contribution is 5.60. The van der Waals surface area contributed by atoms with Crippen molar-refractivity contribution in [3.8, 4) is 0 Å². The van der Waals surface area contributed by atoms with E-state index in [4.69, 9.17) is 0 Å². The molecule has 3 rings (SSSR count). The fourth-order valence-corrected chi connectivity index (χ4v) is 2.64. The van der Waals surface area contributed by atoms with Crippen molar-refractivity contribution in [2.45, 2.75) is 18.9 Å². The van der Waals surface area contributed by atoms with Gasteiger partial charge in [-0.2, -0.15) is 4.73 Å². The van der Waals surface area contributed by atoms with Crippen LogP contribution >= 0.6 is 0 Å². The number of hydrogen-bond donors (Lipinski definition) is 1. The summed E-state index contributed by atoms with van der Waals surface area (Å²) in [5.74, 6) is 0. The van der Waals surface area contributed by atoms with E-state index in [0.29, 0.717) is 4.73 Å². The normalized spacial score (nSPS) is 16.7. The number of fused-ring (bicyclic) bond motifs is 1. The SMILES string of the molecule is O=[N+]([O-])c1cc[n+]([O-])cc1NC1CCc2ccccc21. The van der Waals surface area contributed by atoms with Crippen LogP contribution < -0.4 is 10.0 Å². The van der Waals surface area contributed by atoms with Crippen molar-refractivity contribution in [3.05, 3.63) is 69.2 Å². The maximum absolute atomic E-state index is 11.3. The zero-order valence-electron chi connectivity index (χ0n) is 10.7. The van der Waals surface area contributed by atoms with Gasteiger partial charge in [0, 0.05) is 0 Å². The monoisotopic (exact) mass is 271 g/mol. The zero-order chi connectivity index (χ0) is 14.1. The highest BCUT2D eigenvalue weighted by atomic mass is 16.6. The second-order valence-electron chi connectivity index (χ2n) is 4.80. The summed E-state index contributed by atoms with van der Waals surface area (Å²) in [6.07, 6.45) is 4.14. The molecule has 0 bridgehead atoms. The van der Waals surface area contributed by atoms with E-state index in [1.165, 1.54) is 17.8 Å². The number of nitro groups is 1. The molecule has 1 atom stereocenters. The first-order chi connectivity index (χ1) is 9.65. The quantitative estimate of drug-likeness (QED) is 0.402. The van der Waals surface area contributed by atoms with Gasteiger partial charge in [0.05, 0.1) is 17.0 Å². The first-order valence-electron chi connectivity index (χ1n) is 6.36. The van der Waals surface area contributed by atoms with Gasteiger partial charge in [-0.25, -0.2) is 0 Å². The minimum atomic E-state index is -0.483. The van der Waals surface area contributed by atoms with Crippen LogP contribution in [0.2, 0.25) is 0 Å². The minimum absolute atomic E-state index is 0.00676. The summed E-state index contributed by atoms with van der Waals surface area (Å²) in [6.45, 7) is 0. The first kappa shape index (κ1) is 12.4. The van der Waals surface area contributed by atoms with Gasteiger partial charge in [0.25, 0.3) is 0 Å². The molecule has 1 aromatic heterocycles. The van der Waals surface area contributed by atoms with Gasteiger partial charge in [-0.15, -0.1) is 0 Å². The summed E-state index contributed by atoms with van der Waals surface area (Å²) in [4.78, 5) is 10.5. The number of aryl methyl sites for hydroxylation is 1. The molecule has 0 saturated carbocycles. The summed E-state index contributed by atoms with van der Waals surface area (Å²) >= 11 is 0. The Morgan fingerprint density at radius 3 is 2.90 bits per heavy atom. The summed E-state index contributed by atoms with van der Waals surface area (Å²) in [6, 6.07) is 9.23. The lowest BCUT2D eigenvalue weighted by molar-refractivity contribution is -0.605. The summed E-state index contributed by atoms with van der Waals surface area (Å²) in [7, 11) is 0. The lowest BCUT2D eigenvalue weighted by atomic mass is 10.1. The van der Waals surface area contributed by atoms with E-state index in [1.54, 1.807) is 0 Å². The molecule has 0 saturated heterocycles. The Bertz CT molecular complexity index is 672. The average Bonchev–Trinajstić information content (AvgIpc) is 2.82. The molecule has 1 aliphatic carbocycles. The van der Waals surface area contributed by atoms with Gasteiger partial charge in [-0.1, -0.05) is 24.3 Å². The van der Waals surface area contributed by atoms with Gasteiger partial charge in [-0.3, -0.25) is 10.1 Å². The van der Waals surface area contributed by atoms with Crippen LogP contribution in [0.3, 0.4) is 0 Å². The van der Waals surface area contributed by atoms with Gasteiger partial charge in [0.15, 0.2) is 11.9 Å². The Morgan fingerprint density at radius 1 is 1.30 bits per heavy atom. The van der Waals surface area contributed by atoms with E-state index in [9.17, 15) is 15.3 Å². The van der Waals surface area contributed by atoms with Crippen LogP contribution in [0.1, 0.15) is 23.6 Å². The molecule has 1 unspecified atom stereocenters. The van der Waals surface area contributed by atoms with Gasteiger partial charge < -0.3 is 10.5 Å². The Kier molecular flexibility index (Phi) is 2.98. The fourth-order valence-electron chi connectivity index (χ4n) is 2.64. The smallest absolute Gasteiger partial charge is 0.304 e. The number of hydrogen-bond acceptors (Lipinski definition) is 4. The maximum atomic E-state index is 11.3. The third-order valence-electron chi connectivity index (χ3n) is 3.57. The van der Waals surface area contributed by atoms with Crippen LogP contribution in [-0.2, 0) is 6.42 Å². The molecular formula is C14H13N3O3. The molecule has 0 amide bonds. The lowest BCUT2D eigenvalue weighted by Crippen LogP contribution is -2.26. The van der Waals surface area contributed by atoms with Gasteiger partial charge in [0.2, 0.25) is 6.20 Å². The molecule has 1 aliphatic rings. The van der Waals surface area contributed by atoms with Crippen molar-refractivity contribution in [1.82, 2.24) is 0 Å². The van der Waals surface area contributed by atoms with Crippen LogP contribution in [0.4, 0.5) is 11.4 Å². The van der Waals surface area contributed by atoms with E-state index in [-0.39, 0.29) is 17.4 Å². The first-order valence-corrected chi connectivity index (χ1v) is 6.36. The highest BCUT2D eigenvalue weighted by Crippen LogP contribution is 2.35. The molecular weight excluding hydrogens is 258 g/mol. The number of pyridine rings is 1. The standard InChI is InChI=1S/C14H13N3O3/c18-16-8-7-14(17(19)20)13(9-16)15-12-6-5-10-3-1-2-4-11(10)12/h1-4,7-9,12,15H,5-6H2. The van der Waals surface area contributed by atoms with Crippen LogP contribution in [0, 0.1) is 15.3 Å². The minimum Gasteiger partial charge on any atom is -0.619 e. The molecule has 0 fully saturated rings. The van der Waals surface area contributed by atoms with E-state index in [1.807, 2.05) is 18.2 Å². The van der Waals surface area contributed by atoms with Crippen molar-refractivity contribution in [2.24, 2.45) is 0 Å². The number of nitrogens with zero attached hydrogens (tertiary/aromatic N) is 2. The average molecular weight is 271 g/mol. The molecule has 1 N–H and O–H groups in total. The van der Waals surface area contributed by atoms with Crippen LogP contribution in [0.5, 0.6) is 0 Å². The molecule has 6 nitrogen and oxygen atoms in total. The second-order valence-corrected chi connectivity index (χ2v) is 4.80. The predicted molar refractivity (Wildman–Crippen MR) is 73.2 cm³/mol. The maximum Gasteiger partial charge on any atom is 0.304 e. The van der Waals surface area contributed by atoms with Crippen molar-refractivity contribution < 1.29 is 9.65 Å². The summed E-state index contributed by atoms with van der Waals surface area (Å²) in [5, 5.41) is 25.5. The number of nitrogens with one attached hydrogen (secondary N) is 1. The Hall–Kier alpha value is -2.63. The molecule has 2 aromatic rings. The molecule has 6 heteroatoms.